The number of pyridine rings is 1. The lowest BCUT2D eigenvalue weighted by molar-refractivity contribution is -0.127. The second kappa shape index (κ2) is 10.7. The highest BCUT2D eigenvalue weighted by molar-refractivity contribution is 8.24. The van der Waals surface area contributed by atoms with Crippen molar-refractivity contribution in [2.45, 2.75) is 50.0 Å². The number of nitrogens with zero attached hydrogens (tertiary/aromatic N) is 5. The fourth-order valence-corrected chi connectivity index (χ4v) is 7.12. The van der Waals surface area contributed by atoms with E-state index in [1.807, 2.05) is 24.3 Å². The van der Waals surface area contributed by atoms with Crippen molar-refractivity contribution in [2.24, 2.45) is 5.92 Å². The number of hydrogen-bond acceptors (Lipinski definition) is 7. The molecule has 1 amide bonds. The van der Waals surface area contributed by atoms with Crippen LogP contribution in [0, 0.1) is 28.9 Å². The van der Waals surface area contributed by atoms with E-state index in [2.05, 4.69) is 21.3 Å². The Bertz CT molecular complexity index is 1490. The molecule has 41 heavy (non-hydrogen) atoms. The maximum absolute atomic E-state index is 14.8. The Hall–Kier alpha value is -3.53. The first-order chi connectivity index (χ1) is 19.7. The summed E-state index contributed by atoms with van der Waals surface area (Å²) in [4.78, 5) is 19.5. The number of anilines is 1. The summed E-state index contributed by atoms with van der Waals surface area (Å²) < 4.78 is 49.6. The second-order valence-electron chi connectivity index (χ2n) is 11.3. The molecule has 0 radical (unpaired) electrons. The van der Waals surface area contributed by atoms with Crippen molar-refractivity contribution < 1.29 is 22.7 Å². The number of benzene rings is 1. The van der Waals surface area contributed by atoms with Crippen molar-refractivity contribution in [1.82, 2.24) is 20.1 Å². The molecule has 3 heterocycles. The molecule has 3 N–H and O–H groups in total. The molecular weight excluding hydrogens is 550 g/mol. The van der Waals surface area contributed by atoms with Gasteiger partial charge in [-0.3, -0.25) is 13.9 Å². The van der Waals surface area contributed by atoms with Crippen LogP contribution in [-0.4, -0.2) is 59.9 Å². The van der Waals surface area contributed by atoms with Crippen LogP contribution in [0.3, 0.4) is 0 Å². The largest absolute Gasteiger partial charge is 0.368 e. The van der Waals surface area contributed by atoms with E-state index in [0.29, 0.717) is 56.0 Å². The van der Waals surface area contributed by atoms with Crippen molar-refractivity contribution in [3.63, 3.8) is 0 Å². The van der Waals surface area contributed by atoms with E-state index in [-0.39, 0.29) is 17.6 Å². The molecule has 1 aromatic carbocycles. The third kappa shape index (κ3) is 5.66. The van der Waals surface area contributed by atoms with Crippen LogP contribution in [0.1, 0.15) is 50.1 Å². The van der Waals surface area contributed by atoms with Crippen LogP contribution in [0.4, 0.5) is 14.5 Å². The van der Waals surface area contributed by atoms with Gasteiger partial charge in [0.2, 0.25) is 5.91 Å². The average Bonchev–Trinajstić information content (AvgIpc) is 3.60. The van der Waals surface area contributed by atoms with Crippen LogP contribution < -0.4 is 10.2 Å². The minimum atomic E-state index is -2.51. The van der Waals surface area contributed by atoms with Gasteiger partial charge in [0, 0.05) is 48.4 Å². The van der Waals surface area contributed by atoms with Gasteiger partial charge in [0.05, 0.1) is 29.5 Å². The lowest BCUT2D eigenvalue weighted by Crippen LogP contribution is -2.42. The lowest BCUT2D eigenvalue weighted by atomic mass is 9.75. The van der Waals surface area contributed by atoms with Gasteiger partial charge in [-0.05, 0) is 43.4 Å². The van der Waals surface area contributed by atoms with Crippen molar-refractivity contribution in [3.8, 4) is 23.0 Å². The molecule has 2 atom stereocenters. The van der Waals surface area contributed by atoms with E-state index in [9.17, 15) is 27.9 Å². The highest BCUT2D eigenvalue weighted by Crippen LogP contribution is 2.44. The van der Waals surface area contributed by atoms with E-state index in [1.54, 1.807) is 6.20 Å². The monoisotopic (exact) mass is 582 g/mol. The van der Waals surface area contributed by atoms with Crippen LogP contribution in [0.2, 0.25) is 0 Å². The molecule has 2 saturated carbocycles. The maximum atomic E-state index is 14.8. The van der Waals surface area contributed by atoms with Gasteiger partial charge in [-0.25, -0.2) is 18.4 Å². The highest BCUT2D eigenvalue weighted by Gasteiger charge is 2.47. The van der Waals surface area contributed by atoms with E-state index < -0.39 is 33.7 Å². The summed E-state index contributed by atoms with van der Waals surface area (Å²) in [6.07, 6.45) is 7.04. The Morgan fingerprint density at radius 2 is 1.83 bits per heavy atom. The molecule has 3 aliphatic rings. The number of amides is 1. The summed E-state index contributed by atoms with van der Waals surface area (Å²) in [5.74, 6) is -1.92. The molecule has 3 fully saturated rings. The Morgan fingerprint density at radius 3 is 2.49 bits per heavy atom. The molecule has 0 bridgehead atoms. The smallest absolute Gasteiger partial charge is 0.225 e. The summed E-state index contributed by atoms with van der Waals surface area (Å²) in [5, 5.41) is 17.2. The minimum absolute atomic E-state index is 0.138. The van der Waals surface area contributed by atoms with Gasteiger partial charge in [-0.15, -0.1) is 0 Å². The van der Waals surface area contributed by atoms with Crippen LogP contribution >= 0.6 is 10.6 Å². The standard InChI is InChI=1S/C29H32F2N6O3S/c30-20-15-25(31)27(33-16-20)37-17-24(19-5-7-21(8-6-19)36-11-13-41(39,40)14-12-36)26(35-37)22-3-1-2-4-23(22)28(38)34-29(18-32)9-10-29/h5-8,15-17,22-23,39-40H,1-4,9-14H2,(H,34,38)/t22-,23-/m1/s1. The SMILES string of the molecule is N#CC1(NC(=O)[C@@H]2CCCC[C@H]2c2nn(-c3ncc(F)cc3F)cc2-c2ccc(N3CCS(O)(O)CC3)cc2)CC1. The first-order valence-electron chi connectivity index (χ1n) is 13.9. The summed E-state index contributed by atoms with van der Waals surface area (Å²) in [7, 11) is -2.51. The van der Waals surface area contributed by atoms with E-state index in [4.69, 9.17) is 5.10 Å². The van der Waals surface area contributed by atoms with Crippen LogP contribution in [0.15, 0.2) is 42.7 Å². The molecule has 216 valence electrons. The second-order valence-corrected chi connectivity index (χ2v) is 13.7. The van der Waals surface area contributed by atoms with Gasteiger partial charge in [-0.1, -0.05) is 25.0 Å². The van der Waals surface area contributed by atoms with E-state index >= 15 is 0 Å². The molecule has 2 aliphatic carbocycles. The third-order valence-electron chi connectivity index (χ3n) is 8.45. The quantitative estimate of drug-likeness (QED) is 0.363. The van der Waals surface area contributed by atoms with Gasteiger partial charge in [0.15, 0.2) is 11.6 Å². The van der Waals surface area contributed by atoms with Gasteiger partial charge in [0.25, 0.3) is 0 Å². The van der Waals surface area contributed by atoms with Crippen molar-refractivity contribution in [3.05, 3.63) is 60.1 Å². The molecule has 12 heteroatoms. The van der Waals surface area contributed by atoms with Gasteiger partial charge in [-0.2, -0.15) is 21.0 Å². The van der Waals surface area contributed by atoms with Crippen molar-refractivity contribution >= 4 is 22.2 Å². The number of nitriles is 1. The molecule has 0 unspecified atom stereocenters. The first kappa shape index (κ1) is 27.6. The Labute approximate surface area is 238 Å². The fourth-order valence-electron chi connectivity index (χ4n) is 5.89. The van der Waals surface area contributed by atoms with Crippen LogP contribution in [0.5, 0.6) is 0 Å². The Balaban J connectivity index is 1.36. The highest BCUT2D eigenvalue weighted by atomic mass is 32.3. The summed E-state index contributed by atoms with van der Waals surface area (Å²) in [6.45, 7) is 1.09. The number of carbonyl (C=O) groups is 1. The zero-order valence-corrected chi connectivity index (χ0v) is 23.3. The Morgan fingerprint density at radius 1 is 1.12 bits per heavy atom. The Kier molecular flexibility index (Phi) is 7.21. The zero-order valence-electron chi connectivity index (χ0n) is 22.5. The minimum Gasteiger partial charge on any atom is -0.368 e. The fraction of sp³-hybridized carbons (Fsp3) is 0.448. The molecule has 6 rings (SSSR count). The average molecular weight is 583 g/mol. The predicted octanol–water partition coefficient (Wildman–Crippen LogP) is 5.23. The molecule has 0 spiro atoms. The summed E-state index contributed by atoms with van der Waals surface area (Å²) in [5.41, 5.74) is 2.35. The number of aromatic nitrogens is 3. The molecule has 1 aliphatic heterocycles. The third-order valence-corrected chi connectivity index (χ3v) is 10.1. The number of halogens is 2. The predicted molar refractivity (Wildman–Crippen MR) is 152 cm³/mol. The summed E-state index contributed by atoms with van der Waals surface area (Å²) in [6, 6.07) is 10.8. The van der Waals surface area contributed by atoms with Gasteiger partial charge < -0.3 is 10.2 Å². The lowest BCUT2D eigenvalue weighted by Gasteiger charge is -2.41. The number of carbonyl (C=O) groups excluding carboxylic acids is 1. The topological polar surface area (TPSA) is 127 Å². The van der Waals surface area contributed by atoms with E-state index in [0.717, 1.165) is 41.9 Å². The molecule has 1 saturated heterocycles. The van der Waals surface area contributed by atoms with Crippen molar-refractivity contribution in [1.29, 1.82) is 5.26 Å². The van der Waals surface area contributed by atoms with Gasteiger partial charge >= 0.3 is 0 Å². The van der Waals surface area contributed by atoms with E-state index in [1.165, 1.54) is 4.68 Å². The van der Waals surface area contributed by atoms with Crippen molar-refractivity contribution in [2.75, 3.05) is 29.5 Å². The normalized spacial score (nSPS) is 23.8. The molecular formula is C29H32F2N6O3S. The first-order valence-corrected chi connectivity index (χ1v) is 15.8. The molecule has 2 aromatic heterocycles. The molecule has 3 aromatic rings. The summed E-state index contributed by atoms with van der Waals surface area (Å²) >= 11 is 0. The number of rotatable bonds is 6. The van der Waals surface area contributed by atoms with Crippen LogP contribution in [-0.2, 0) is 4.79 Å². The maximum Gasteiger partial charge on any atom is 0.225 e. The zero-order chi connectivity index (χ0) is 28.8. The number of hydrogen-bond donors (Lipinski definition) is 3. The van der Waals surface area contributed by atoms with Crippen LogP contribution in [0.25, 0.3) is 16.9 Å². The van der Waals surface area contributed by atoms with Gasteiger partial charge in [0.1, 0.15) is 11.4 Å². The molecule has 9 nitrogen and oxygen atoms in total. The number of nitrogens with one attached hydrogen (secondary N) is 1.